The molecule has 3 aromatic rings. The van der Waals surface area contributed by atoms with Crippen molar-refractivity contribution in [2.45, 2.75) is 13.3 Å². The monoisotopic (exact) mass is 271 g/mol. The first-order valence-electron chi connectivity index (χ1n) is 5.87. The van der Waals surface area contributed by atoms with Crippen LogP contribution in [0.4, 0.5) is 0 Å². The highest BCUT2D eigenvalue weighted by Gasteiger charge is 2.17. The maximum atomic E-state index is 9.11. The number of benzene rings is 1. The molecule has 0 bridgehead atoms. The Hall–Kier alpha value is -2.32. The molecule has 0 atom stereocenters. The summed E-state index contributed by atoms with van der Waals surface area (Å²) in [5.41, 5.74) is 2.82. The first-order valence-corrected chi connectivity index (χ1v) is 6.25. The molecule has 3 rings (SSSR count). The van der Waals surface area contributed by atoms with Crippen LogP contribution in [0.1, 0.15) is 18.2 Å². The van der Waals surface area contributed by atoms with Crippen LogP contribution in [0, 0.1) is 11.3 Å². The van der Waals surface area contributed by atoms with Gasteiger partial charge in [-0.05, 0) is 18.6 Å². The van der Waals surface area contributed by atoms with E-state index in [9.17, 15) is 0 Å². The molecule has 0 radical (unpaired) electrons. The molecule has 0 saturated carbocycles. The summed E-state index contributed by atoms with van der Waals surface area (Å²) >= 11 is 6.19. The number of nitriles is 1. The Labute approximate surface area is 114 Å². The van der Waals surface area contributed by atoms with E-state index in [-0.39, 0.29) is 0 Å². The Morgan fingerprint density at radius 2 is 2.21 bits per heavy atom. The van der Waals surface area contributed by atoms with Crippen molar-refractivity contribution in [3.05, 3.63) is 40.7 Å². The number of nitrogens with zero attached hydrogens (tertiary/aromatic N) is 4. The van der Waals surface area contributed by atoms with Crippen LogP contribution in [0.15, 0.2) is 24.3 Å². The number of aromatic nitrogens is 4. The minimum Gasteiger partial charge on any atom is -0.322 e. The Morgan fingerprint density at radius 1 is 1.42 bits per heavy atom. The summed E-state index contributed by atoms with van der Waals surface area (Å²) in [4.78, 5) is 7.55. The molecule has 94 valence electrons. The van der Waals surface area contributed by atoms with Gasteiger partial charge in [-0.2, -0.15) is 15.0 Å². The molecule has 6 heteroatoms. The van der Waals surface area contributed by atoms with Gasteiger partial charge in [0, 0.05) is 0 Å². The summed E-state index contributed by atoms with van der Waals surface area (Å²) in [5.74, 6) is 0.516. The van der Waals surface area contributed by atoms with E-state index in [1.807, 2.05) is 31.2 Å². The van der Waals surface area contributed by atoms with E-state index in [1.165, 1.54) is 4.68 Å². The normalized spacial score (nSPS) is 10.8. The fourth-order valence-corrected chi connectivity index (χ4v) is 2.25. The molecule has 2 aromatic heterocycles. The molecule has 0 spiro atoms. The number of halogens is 1. The predicted octanol–water partition coefficient (Wildman–Crippen LogP) is 2.84. The molecule has 1 aromatic carbocycles. The van der Waals surface area contributed by atoms with Crippen molar-refractivity contribution in [1.82, 2.24) is 19.7 Å². The zero-order valence-corrected chi connectivity index (χ0v) is 10.9. The lowest BCUT2D eigenvalue weighted by Gasteiger charge is -1.96. The molecular weight excluding hydrogens is 262 g/mol. The van der Waals surface area contributed by atoms with Crippen LogP contribution in [-0.2, 0) is 6.42 Å². The number of hydrogen-bond donors (Lipinski definition) is 1. The van der Waals surface area contributed by atoms with Crippen LogP contribution in [0.5, 0.6) is 0 Å². The number of imidazole rings is 1. The van der Waals surface area contributed by atoms with E-state index in [0.29, 0.717) is 28.8 Å². The Morgan fingerprint density at radius 3 is 2.84 bits per heavy atom. The number of aryl methyl sites for hydroxylation is 1. The summed E-state index contributed by atoms with van der Waals surface area (Å²) in [6.07, 6.45) is 0.649. The van der Waals surface area contributed by atoms with Crippen LogP contribution >= 0.6 is 11.6 Å². The van der Waals surface area contributed by atoms with Crippen LogP contribution in [0.2, 0.25) is 5.15 Å². The van der Waals surface area contributed by atoms with Crippen molar-refractivity contribution in [2.75, 3.05) is 0 Å². The van der Waals surface area contributed by atoms with Crippen molar-refractivity contribution < 1.29 is 0 Å². The third kappa shape index (κ3) is 1.77. The lowest BCUT2D eigenvalue weighted by Crippen LogP contribution is -1.99. The third-order valence-corrected chi connectivity index (χ3v) is 3.27. The van der Waals surface area contributed by atoms with E-state index < -0.39 is 0 Å². The van der Waals surface area contributed by atoms with Gasteiger partial charge in [0.15, 0.2) is 5.15 Å². The standard InChI is InChI=1S/C13H10ClN5/c1-2-9-8(7-15)12(14)19(18-9)13-16-10-5-3-4-6-11(10)17-13/h3-6H,2H2,1H3,(H,16,17). The quantitative estimate of drug-likeness (QED) is 0.779. The van der Waals surface area contributed by atoms with Crippen LogP contribution in [0.3, 0.4) is 0 Å². The zero-order valence-electron chi connectivity index (χ0n) is 10.2. The van der Waals surface area contributed by atoms with Gasteiger partial charge in [-0.15, -0.1) is 0 Å². The topological polar surface area (TPSA) is 70.3 Å². The molecule has 19 heavy (non-hydrogen) atoms. The van der Waals surface area contributed by atoms with Crippen molar-refractivity contribution in [3.63, 3.8) is 0 Å². The second-order valence-electron chi connectivity index (χ2n) is 4.07. The molecule has 0 aliphatic rings. The largest absolute Gasteiger partial charge is 0.322 e. The Kier molecular flexibility index (Phi) is 2.73. The summed E-state index contributed by atoms with van der Waals surface area (Å²) < 4.78 is 1.47. The molecule has 0 aliphatic carbocycles. The summed E-state index contributed by atoms with van der Waals surface area (Å²) in [5, 5.41) is 13.7. The van der Waals surface area contributed by atoms with Gasteiger partial charge in [0.25, 0.3) is 0 Å². The highest BCUT2D eigenvalue weighted by atomic mass is 35.5. The first kappa shape index (κ1) is 11.8. The van der Waals surface area contributed by atoms with E-state index >= 15 is 0 Å². The van der Waals surface area contributed by atoms with E-state index in [0.717, 1.165) is 11.0 Å². The van der Waals surface area contributed by atoms with Crippen LogP contribution < -0.4 is 0 Å². The molecule has 0 amide bonds. The van der Waals surface area contributed by atoms with E-state index in [4.69, 9.17) is 16.9 Å². The Bertz CT molecular complexity index is 760. The lowest BCUT2D eigenvalue weighted by atomic mass is 10.2. The third-order valence-electron chi connectivity index (χ3n) is 2.93. The van der Waals surface area contributed by atoms with E-state index in [1.54, 1.807) is 0 Å². The minimum atomic E-state index is 0.290. The highest BCUT2D eigenvalue weighted by Crippen LogP contribution is 2.23. The van der Waals surface area contributed by atoms with Gasteiger partial charge in [-0.25, -0.2) is 4.98 Å². The van der Waals surface area contributed by atoms with Crippen LogP contribution in [0.25, 0.3) is 17.0 Å². The molecule has 0 aliphatic heterocycles. The Balaban J connectivity index is 2.22. The maximum absolute atomic E-state index is 9.11. The van der Waals surface area contributed by atoms with Gasteiger partial charge in [-0.1, -0.05) is 30.7 Å². The van der Waals surface area contributed by atoms with Crippen molar-refractivity contribution >= 4 is 22.6 Å². The van der Waals surface area contributed by atoms with Gasteiger partial charge in [0.2, 0.25) is 5.95 Å². The fraction of sp³-hybridized carbons (Fsp3) is 0.154. The molecule has 1 N–H and O–H groups in total. The molecule has 0 unspecified atom stereocenters. The smallest absolute Gasteiger partial charge is 0.230 e. The SMILES string of the molecule is CCc1nn(-c2nc3ccccc3[nH]2)c(Cl)c1C#N. The molecule has 0 saturated heterocycles. The number of rotatable bonds is 2. The van der Waals surface area contributed by atoms with Crippen molar-refractivity contribution in [3.8, 4) is 12.0 Å². The van der Waals surface area contributed by atoms with Crippen molar-refractivity contribution in [2.24, 2.45) is 0 Å². The minimum absolute atomic E-state index is 0.290. The average Bonchev–Trinajstić information content (AvgIpc) is 2.98. The first-order chi connectivity index (χ1) is 9.24. The van der Waals surface area contributed by atoms with Crippen LogP contribution in [-0.4, -0.2) is 19.7 Å². The number of aromatic amines is 1. The van der Waals surface area contributed by atoms with Gasteiger partial charge < -0.3 is 4.98 Å². The molecule has 0 fully saturated rings. The molecule has 5 nitrogen and oxygen atoms in total. The number of fused-ring (bicyclic) bond motifs is 1. The number of hydrogen-bond acceptors (Lipinski definition) is 3. The molecule has 2 heterocycles. The second kappa shape index (κ2) is 4.41. The fourth-order valence-electron chi connectivity index (χ4n) is 1.98. The molecular formula is C13H10ClN5. The van der Waals surface area contributed by atoms with Gasteiger partial charge in [-0.3, -0.25) is 0 Å². The summed E-state index contributed by atoms with van der Waals surface area (Å²) in [6.45, 7) is 1.93. The number of H-pyrrole nitrogens is 1. The second-order valence-corrected chi connectivity index (χ2v) is 4.43. The van der Waals surface area contributed by atoms with E-state index in [2.05, 4.69) is 21.1 Å². The maximum Gasteiger partial charge on any atom is 0.230 e. The van der Waals surface area contributed by atoms with Gasteiger partial charge >= 0.3 is 0 Å². The predicted molar refractivity (Wildman–Crippen MR) is 72.3 cm³/mol. The number of para-hydroxylation sites is 2. The zero-order chi connectivity index (χ0) is 13.4. The summed E-state index contributed by atoms with van der Waals surface area (Å²) in [7, 11) is 0. The average molecular weight is 272 g/mol. The number of nitrogens with one attached hydrogen (secondary N) is 1. The lowest BCUT2D eigenvalue weighted by molar-refractivity contribution is 0.802. The van der Waals surface area contributed by atoms with Crippen molar-refractivity contribution in [1.29, 1.82) is 5.26 Å². The van der Waals surface area contributed by atoms with Gasteiger partial charge in [0.1, 0.15) is 11.6 Å². The highest BCUT2D eigenvalue weighted by molar-refractivity contribution is 6.31. The summed E-state index contributed by atoms with van der Waals surface area (Å²) in [6, 6.07) is 9.75. The van der Waals surface area contributed by atoms with Gasteiger partial charge in [0.05, 0.1) is 16.7 Å².